The largest absolute Gasteiger partial charge is 0.386 e. The lowest BCUT2D eigenvalue weighted by molar-refractivity contribution is -0.131. The second-order valence-corrected chi connectivity index (χ2v) is 8.72. The number of hydrogen-bond donors (Lipinski definition) is 2. The quantitative estimate of drug-likeness (QED) is 0.757. The lowest BCUT2D eigenvalue weighted by atomic mass is 9.92. The van der Waals surface area contributed by atoms with Crippen LogP contribution in [0.15, 0.2) is 29.9 Å². The predicted molar refractivity (Wildman–Crippen MR) is 106 cm³/mol. The zero-order valence-corrected chi connectivity index (χ0v) is 17.1. The molecule has 4 rings (SSSR count). The van der Waals surface area contributed by atoms with Gasteiger partial charge in [0.15, 0.2) is 0 Å². The van der Waals surface area contributed by atoms with Crippen LogP contribution in [-0.4, -0.2) is 57.1 Å². The van der Waals surface area contributed by atoms with Crippen molar-refractivity contribution in [2.45, 2.75) is 38.4 Å². The summed E-state index contributed by atoms with van der Waals surface area (Å²) in [5, 5.41) is 14.1. The summed E-state index contributed by atoms with van der Waals surface area (Å²) in [6.07, 6.45) is 6.32. The minimum Gasteiger partial charge on any atom is -0.386 e. The van der Waals surface area contributed by atoms with Crippen LogP contribution in [0.3, 0.4) is 0 Å². The smallest absolute Gasteiger partial charge is 0.244 e. The van der Waals surface area contributed by atoms with Gasteiger partial charge >= 0.3 is 0 Å². The van der Waals surface area contributed by atoms with E-state index in [-0.39, 0.29) is 30.2 Å². The van der Waals surface area contributed by atoms with E-state index >= 15 is 0 Å². The number of nitrogens with zero attached hydrogens (tertiary/aromatic N) is 2. The van der Waals surface area contributed by atoms with Gasteiger partial charge in [0.1, 0.15) is 16.2 Å². The van der Waals surface area contributed by atoms with Crippen LogP contribution in [0, 0.1) is 18.8 Å². The first kappa shape index (κ1) is 19.3. The Labute approximate surface area is 168 Å². The van der Waals surface area contributed by atoms with Gasteiger partial charge in [-0.3, -0.25) is 9.59 Å². The Morgan fingerprint density at radius 1 is 1.54 bits per heavy atom. The van der Waals surface area contributed by atoms with E-state index in [1.165, 1.54) is 11.5 Å². The van der Waals surface area contributed by atoms with E-state index in [1.54, 1.807) is 17.9 Å². The van der Waals surface area contributed by atoms with E-state index in [1.807, 2.05) is 32.1 Å². The highest BCUT2D eigenvalue weighted by Crippen LogP contribution is 2.61. The third-order valence-electron chi connectivity index (χ3n) is 5.93. The van der Waals surface area contributed by atoms with Gasteiger partial charge in [0.2, 0.25) is 11.8 Å². The van der Waals surface area contributed by atoms with Crippen LogP contribution >= 0.6 is 11.5 Å². The number of anilines is 1. The molecule has 28 heavy (non-hydrogen) atoms. The zero-order valence-electron chi connectivity index (χ0n) is 16.3. The first-order valence-electron chi connectivity index (χ1n) is 9.55. The summed E-state index contributed by atoms with van der Waals surface area (Å²) < 4.78 is 10.0. The lowest BCUT2D eigenvalue weighted by Gasteiger charge is -2.22. The van der Waals surface area contributed by atoms with Crippen LogP contribution in [0.1, 0.15) is 26.0 Å². The highest BCUT2D eigenvalue weighted by molar-refractivity contribution is 7.10. The van der Waals surface area contributed by atoms with E-state index in [0.717, 1.165) is 11.3 Å². The fourth-order valence-electron chi connectivity index (χ4n) is 4.39. The van der Waals surface area contributed by atoms with Crippen molar-refractivity contribution in [3.63, 3.8) is 0 Å². The monoisotopic (exact) mass is 403 g/mol. The molecule has 0 spiro atoms. The summed E-state index contributed by atoms with van der Waals surface area (Å²) in [4.78, 5) is 26.3. The Morgan fingerprint density at radius 2 is 2.32 bits per heavy atom. The molecule has 2 amide bonds. The first-order chi connectivity index (χ1) is 13.3. The Balaban J connectivity index is 1.41. The number of ether oxygens (including phenoxy) is 1. The number of aryl methyl sites for hydroxylation is 1. The van der Waals surface area contributed by atoms with Crippen molar-refractivity contribution in [3.05, 3.63) is 35.6 Å². The minimum atomic E-state index is -0.920. The van der Waals surface area contributed by atoms with Crippen molar-refractivity contribution < 1.29 is 19.4 Å². The zero-order chi connectivity index (χ0) is 20.1. The van der Waals surface area contributed by atoms with Gasteiger partial charge in [-0.2, -0.15) is 4.37 Å². The van der Waals surface area contributed by atoms with Gasteiger partial charge in [-0.05, 0) is 50.0 Å². The first-order valence-corrected chi connectivity index (χ1v) is 10.3. The standard InChI is InChI=1S/C20H25N3O4S/c1-4-27-20-9-13(5-6-15(20)19(20,3)26)14-8-18(25)23(10-14)11-16(24)21-17-7-12(2)22-28-17/h5-7,9,14-15,26H,4,8,10-11H2,1-3H3,(H,21,24)/t14-,15?,19?,20?/m1/s1. The molecular formula is C20H25N3O4S. The second kappa shape index (κ2) is 6.79. The van der Waals surface area contributed by atoms with Gasteiger partial charge < -0.3 is 20.1 Å². The van der Waals surface area contributed by atoms with E-state index in [4.69, 9.17) is 4.74 Å². The molecule has 150 valence electrons. The fraction of sp³-hybridized carbons (Fsp3) is 0.550. The van der Waals surface area contributed by atoms with Crippen molar-refractivity contribution in [3.8, 4) is 0 Å². The summed E-state index contributed by atoms with van der Waals surface area (Å²) in [6.45, 7) is 6.59. The predicted octanol–water partition coefficient (Wildman–Crippen LogP) is 1.89. The van der Waals surface area contributed by atoms with Crippen LogP contribution in [0.5, 0.6) is 0 Å². The van der Waals surface area contributed by atoms with Crippen LogP contribution in [0.25, 0.3) is 0 Å². The maximum Gasteiger partial charge on any atom is 0.244 e. The molecule has 4 atom stereocenters. The minimum absolute atomic E-state index is 0.00289. The number of aromatic nitrogens is 1. The number of fused-ring (bicyclic) bond motifs is 1. The summed E-state index contributed by atoms with van der Waals surface area (Å²) in [5.74, 6) is -0.311. The molecule has 1 aromatic heterocycles. The number of nitrogens with one attached hydrogen (secondary N) is 1. The van der Waals surface area contributed by atoms with Crippen LogP contribution in [0.2, 0.25) is 0 Å². The molecule has 2 aliphatic carbocycles. The Morgan fingerprint density at radius 3 is 3.00 bits per heavy atom. The number of amides is 2. The second-order valence-electron chi connectivity index (χ2n) is 7.91. The summed E-state index contributed by atoms with van der Waals surface area (Å²) in [7, 11) is 0. The van der Waals surface area contributed by atoms with E-state index < -0.39 is 11.2 Å². The number of hydrogen-bond acceptors (Lipinski definition) is 6. The topological polar surface area (TPSA) is 91.8 Å². The Bertz CT molecular complexity index is 875. The maximum atomic E-state index is 12.4. The highest BCUT2D eigenvalue weighted by atomic mass is 32.1. The number of rotatable bonds is 6. The van der Waals surface area contributed by atoms with Crippen LogP contribution in [0.4, 0.5) is 5.00 Å². The Kier molecular flexibility index (Phi) is 4.68. The van der Waals surface area contributed by atoms with E-state index in [2.05, 4.69) is 9.69 Å². The molecule has 3 aliphatic rings. The van der Waals surface area contributed by atoms with Crippen LogP contribution < -0.4 is 5.32 Å². The van der Waals surface area contributed by atoms with Gasteiger partial charge in [-0.1, -0.05) is 12.2 Å². The molecule has 8 heteroatoms. The van der Waals surface area contributed by atoms with Gasteiger partial charge in [0.25, 0.3) is 0 Å². The molecule has 3 unspecified atom stereocenters. The molecule has 1 saturated heterocycles. The third kappa shape index (κ3) is 3.09. The van der Waals surface area contributed by atoms with Crippen molar-refractivity contribution in [2.24, 2.45) is 11.8 Å². The molecule has 0 radical (unpaired) electrons. The van der Waals surface area contributed by atoms with Gasteiger partial charge in [0, 0.05) is 31.4 Å². The number of likely N-dealkylation sites (tertiary alicyclic amines) is 1. The van der Waals surface area contributed by atoms with Crippen molar-refractivity contribution >= 4 is 28.3 Å². The average Bonchev–Trinajstić information content (AvgIpc) is 2.97. The number of carbonyl (C=O) groups is 2. The van der Waals surface area contributed by atoms with E-state index in [0.29, 0.717) is 24.6 Å². The lowest BCUT2D eigenvalue weighted by Crippen LogP contribution is -2.34. The molecule has 2 N–H and O–H groups in total. The molecule has 1 aromatic rings. The van der Waals surface area contributed by atoms with Gasteiger partial charge in [0.05, 0.1) is 12.2 Å². The molecule has 0 bridgehead atoms. The average molecular weight is 404 g/mol. The number of carbonyl (C=O) groups excluding carboxylic acids is 2. The van der Waals surface area contributed by atoms with Gasteiger partial charge in [-0.15, -0.1) is 0 Å². The summed E-state index contributed by atoms with van der Waals surface area (Å²) in [6, 6.07) is 1.81. The van der Waals surface area contributed by atoms with E-state index in [9.17, 15) is 14.7 Å². The molecule has 7 nitrogen and oxygen atoms in total. The van der Waals surface area contributed by atoms with Crippen molar-refractivity contribution in [1.82, 2.24) is 9.27 Å². The van der Waals surface area contributed by atoms with Crippen LogP contribution in [-0.2, 0) is 14.3 Å². The van der Waals surface area contributed by atoms with Gasteiger partial charge in [-0.25, -0.2) is 0 Å². The fourth-order valence-corrected chi connectivity index (χ4v) is 5.07. The molecule has 1 saturated carbocycles. The molecule has 2 heterocycles. The number of allylic oxidation sites excluding steroid dienone is 1. The third-order valence-corrected chi connectivity index (χ3v) is 6.73. The molecule has 1 aliphatic heterocycles. The van der Waals surface area contributed by atoms with Crippen molar-refractivity contribution in [2.75, 3.05) is 25.0 Å². The maximum absolute atomic E-state index is 12.4. The molecule has 0 aromatic carbocycles. The Hall–Kier alpha value is -2.03. The molecule has 2 fully saturated rings. The summed E-state index contributed by atoms with van der Waals surface area (Å²) in [5.41, 5.74) is 0.239. The molecular weight excluding hydrogens is 378 g/mol. The summed E-state index contributed by atoms with van der Waals surface area (Å²) >= 11 is 1.23. The van der Waals surface area contributed by atoms with Crippen molar-refractivity contribution in [1.29, 1.82) is 0 Å². The SMILES string of the molecule is CCOC12C=C([C@@H]3CC(=O)N(CC(=O)Nc4cc(C)ns4)C3)C=CC1C2(C)O. The number of aliphatic hydroxyl groups is 1. The normalized spacial score (nSPS) is 33.6. The highest BCUT2D eigenvalue weighted by Gasteiger charge is 2.73.